The lowest BCUT2D eigenvalue weighted by atomic mass is 9.92. The number of amides is 1. The van der Waals surface area contributed by atoms with E-state index < -0.39 is 5.60 Å². The third-order valence-electron chi connectivity index (χ3n) is 6.77. The monoisotopic (exact) mass is 510 g/mol. The fourth-order valence-electron chi connectivity index (χ4n) is 4.81. The quantitative estimate of drug-likeness (QED) is 0.443. The van der Waals surface area contributed by atoms with Crippen molar-refractivity contribution in [3.05, 3.63) is 71.8 Å². The topological polar surface area (TPSA) is 82.8 Å². The Balaban J connectivity index is 0.000000220. The molecule has 2 aliphatic carbocycles. The molecule has 2 saturated carbocycles. The zero-order valence-electron chi connectivity index (χ0n) is 22.9. The molecule has 3 N–H and O–H groups in total. The molecule has 0 aromatic heterocycles. The molecular weight excluding hydrogens is 464 g/mol. The van der Waals surface area contributed by atoms with Crippen LogP contribution in [0.5, 0.6) is 0 Å². The molecule has 0 spiro atoms. The SMILES string of the molecule is CC(C)(C)OC(=O)N[C@H]1CCCC[C@@H]1OCc1ccccc1.N[C@H]1CCCC[C@@H]1OCc1ccccc1. The lowest BCUT2D eigenvalue weighted by Gasteiger charge is -2.32. The molecule has 204 valence electrons. The third kappa shape index (κ3) is 11.2. The summed E-state index contributed by atoms with van der Waals surface area (Å²) in [6.07, 6.45) is 8.89. The molecular formula is C31H46N2O4. The van der Waals surface area contributed by atoms with Crippen molar-refractivity contribution in [1.29, 1.82) is 0 Å². The van der Waals surface area contributed by atoms with Gasteiger partial charge in [-0.05, 0) is 57.6 Å². The summed E-state index contributed by atoms with van der Waals surface area (Å²) in [4.78, 5) is 12.0. The lowest BCUT2D eigenvalue weighted by molar-refractivity contribution is -0.0113. The van der Waals surface area contributed by atoms with Crippen LogP contribution in [0.15, 0.2) is 60.7 Å². The van der Waals surface area contributed by atoms with Crippen LogP contribution in [-0.2, 0) is 27.4 Å². The predicted octanol–water partition coefficient (Wildman–Crippen LogP) is 6.51. The van der Waals surface area contributed by atoms with Crippen LogP contribution < -0.4 is 11.1 Å². The molecule has 0 heterocycles. The minimum absolute atomic E-state index is 0.0345. The smallest absolute Gasteiger partial charge is 0.407 e. The van der Waals surface area contributed by atoms with Crippen LogP contribution in [0.2, 0.25) is 0 Å². The zero-order chi connectivity index (χ0) is 26.5. The molecule has 6 heteroatoms. The Hall–Kier alpha value is -2.41. The van der Waals surface area contributed by atoms with Crippen molar-refractivity contribution < 1.29 is 19.0 Å². The van der Waals surface area contributed by atoms with Crippen LogP contribution in [0.25, 0.3) is 0 Å². The molecule has 2 aromatic rings. The first-order chi connectivity index (χ1) is 17.8. The van der Waals surface area contributed by atoms with Gasteiger partial charge in [0, 0.05) is 6.04 Å². The molecule has 0 saturated heterocycles. The fraction of sp³-hybridized carbons (Fsp3) is 0.581. The van der Waals surface area contributed by atoms with Crippen molar-refractivity contribution in [3.63, 3.8) is 0 Å². The first-order valence-corrected chi connectivity index (χ1v) is 13.9. The first kappa shape index (κ1) is 29.2. The van der Waals surface area contributed by atoms with Crippen LogP contribution >= 0.6 is 0 Å². The Morgan fingerprint density at radius 2 is 1.27 bits per heavy atom. The summed E-state index contributed by atoms with van der Waals surface area (Å²) in [6.45, 7) is 6.89. The zero-order valence-corrected chi connectivity index (χ0v) is 22.9. The largest absolute Gasteiger partial charge is 0.444 e. The van der Waals surface area contributed by atoms with E-state index >= 15 is 0 Å². The number of rotatable bonds is 7. The summed E-state index contributed by atoms with van der Waals surface area (Å²) >= 11 is 0. The molecule has 2 fully saturated rings. The second-order valence-electron chi connectivity index (χ2n) is 11.2. The number of carbonyl (C=O) groups is 1. The van der Waals surface area contributed by atoms with Crippen LogP contribution in [0.3, 0.4) is 0 Å². The van der Waals surface area contributed by atoms with Gasteiger partial charge in [-0.15, -0.1) is 0 Å². The predicted molar refractivity (Wildman–Crippen MR) is 148 cm³/mol. The van der Waals surface area contributed by atoms with Crippen molar-refractivity contribution >= 4 is 6.09 Å². The average molecular weight is 511 g/mol. The van der Waals surface area contributed by atoms with Gasteiger partial charge in [0.25, 0.3) is 0 Å². The fourth-order valence-corrected chi connectivity index (χ4v) is 4.81. The van der Waals surface area contributed by atoms with E-state index in [4.69, 9.17) is 19.9 Å². The molecule has 37 heavy (non-hydrogen) atoms. The van der Waals surface area contributed by atoms with Gasteiger partial charge >= 0.3 is 6.09 Å². The highest BCUT2D eigenvalue weighted by atomic mass is 16.6. The summed E-state index contributed by atoms with van der Waals surface area (Å²) in [5.41, 5.74) is 7.93. The van der Waals surface area contributed by atoms with Gasteiger partial charge in [-0.1, -0.05) is 86.3 Å². The van der Waals surface area contributed by atoms with E-state index in [0.717, 1.165) is 44.1 Å². The maximum atomic E-state index is 12.0. The Labute approximate surface area is 223 Å². The molecule has 0 unspecified atom stereocenters. The van der Waals surface area contributed by atoms with E-state index in [1.54, 1.807) is 0 Å². The molecule has 4 rings (SSSR count). The highest BCUT2D eigenvalue weighted by Gasteiger charge is 2.29. The number of nitrogens with two attached hydrogens (primary N) is 1. The summed E-state index contributed by atoms with van der Waals surface area (Å²) in [5, 5.41) is 2.98. The molecule has 0 radical (unpaired) electrons. The second kappa shape index (κ2) is 15.1. The summed E-state index contributed by atoms with van der Waals surface area (Å²) in [7, 11) is 0. The summed E-state index contributed by atoms with van der Waals surface area (Å²) in [5.74, 6) is 0. The first-order valence-electron chi connectivity index (χ1n) is 13.9. The van der Waals surface area contributed by atoms with Crippen LogP contribution in [-0.4, -0.2) is 36.0 Å². The Kier molecular flexibility index (Phi) is 11.9. The van der Waals surface area contributed by atoms with Crippen molar-refractivity contribution in [3.8, 4) is 0 Å². The number of hydrogen-bond donors (Lipinski definition) is 2. The molecule has 0 aliphatic heterocycles. The van der Waals surface area contributed by atoms with E-state index in [9.17, 15) is 4.79 Å². The third-order valence-corrected chi connectivity index (χ3v) is 6.77. The van der Waals surface area contributed by atoms with Gasteiger partial charge in [0.1, 0.15) is 5.60 Å². The van der Waals surface area contributed by atoms with Gasteiger partial charge in [0.15, 0.2) is 0 Å². The molecule has 1 amide bonds. The number of alkyl carbamates (subject to hydrolysis) is 1. The number of nitrogens with one attached hydrogen (secondary N) is 1. The van der Waals surface area contributed by atoms with Crippen molar-refractivity contribution in [2.45, 2.75) is 115 Å². The number of benzene rings is 2. The van der Waals surface area contributed by atoms with Gasteiger partial charge < -0.3 is 25.3 Å². The van der Waals surface area contributed by atoms with E-state index in [2.05, 4.69) is 29.6 Å². The normalized spacial score (nSPS) is 23.9. The molecule has 4 atom stereocenters. The van der Waals surface area contributed by atoms with Gasteiger partial charge in [-0.3, -0.25) is 0 Å². The summed E-state index contributed by atoms with van der Waals surface area (Å²) in [6, 6.07) is 20.7. The van der Waals surface area contributed by atoms with E-state index in [-0.39, 0.29) is 30.4 Å². The maximum absolute atomic E-state index is 12.0. The van der Waals surface area contributed by atoms with Crippen LogP contribution in [0.1, 0.15) is 83.3 Å². The molecule has 6 nitrogen and oxygen atoms in total. The minimum Gasteiger partial charge on any atom is -0.444 e. The van der Waals surface area contributed by atoms with Gasteiger partial charge in [0.2, 0.25) is 0 Å². The molecule has 2 aliphatic rings. The van der Waals surface area contributed by atoms with E-state index in [1.807, 2.05) is 57.2 Å². The van der Waals surface area contributed by atoms with Gasteiger partial charge in [0.05, 0.1) is 31.5 Å². The Bertz CT molecular complexity index is 900. The molecule has 2 aromatic carbocycles. The van der Waals surface area contributed by atoms with E-state index in [1.165, 1.54) is 18.4 Å². The highest BCUT2D eigenvalue weighted by Crippen LogP contribution is 2.23. The highest BCUT2D eigenvalue weighted by molar-refractivity contribution is 5.68. The maximum Gasteiger partial charge on any atom is 0.407 e. The Morgan fingerprint density at radius 1 is 0.784 bits per heavy atom. The van der Waals surface area contributed by atoms with Gasteiger partial charge in [-0.2, -0.15) is 0 Å². The van der Waals surface area contributed by atoms with Crippen LogP contribution in [0, 0.1) is 0 Å². The second-order valence-corrected chi connectivity index (χ2v) is 11.2. The average Bonchev–Trinajstić information content (AvgIpc) is 2.88. The van der Waals surface area contributed by atoms with Crippen molar-refractivity contribution in [2.24, 2.45) is 5.73 Å². The number of ether oxygens (including phenoxy) is 3. The van der Waals surface area contributed by atoms with Crippen molar-refractivity contribution in [1.82, 2.24) is 5.32 Å². The van der Waals surface area contributed by atoms with Crippen molar-refractivity contribution in [2.75, 3.05) is 0 Å². The minimum atomic E-state index is -0.473. The number of carbonyl (C=O) groups excluding carboxylic acids is 1. The van der Waals surface area contributed by atoms with Crippen LogP contribution in [0.4, 0.5) is 4.79 Å². The Morgan fingerprint density at radius 3 is 1.81 bits per heavy atom. The van der Waals surface area contributed by atoms with Gasteiger partial charge in [-0.25, -0.2) is 4.79 Å². The summed E-state index contributed by atoms with van der Waals surface area (Å²) < 4.78 is 17.2. The lowest BCUT2D eigenvalue weighted by Crippen LogP contribution is -2.47. The standard InChI is InChI=1S/C18H27NO3.C13H19NO/c1-18(2,3)22-17(20)19-15-11-7-8-12-16(15)21-13-14-9-5-4-6-10-14;14-12-8-4-5-9-13(12)15-10-11-6-2-1-3-7-11/h4-6,9-10,15-16H,7-8,11-13H2,1-3H3,(H,19,20);1-3,6-7,12-13H,4-5,8-10,14H2/t15-,16-;12-,13-/m00/s1. The number of hydrogen-bond acceptors (Lipinski definition) is 5. The molecule has 0 bridgehead atoms. The van der Waals surface area contributed by atoms with E-state index in [0.29, 0.717) is 13.2 Å².